The second kappa shape index (κ2) is 16.3. The van der Waals surface area contributed by atoms with Crippen molar-refractivity contribution in [1.82, 2.24) is 30.8 Å². The Bertz CT molecular complexity index is 1950. The summed E-state index contributed by atoms with van der Waals surface area (Å²) in [7, 11) is 3.05. The van der Waals surface area contributed by atoms with Crippen molar-refractivity contribution < 1.29 is 43.3 Å². The summed E-state index contributed by atoms with van der Waals surface area (Å²) in [5.41, 5.74) is -0.734. The van der Waals surface area contributed by atoms with Crippen molar-refractivity contribution in [3.63, 3.8) is 0 Å². The van der Waals surface area contributed by atoms with Crippen molar-refractivity contribution >= 4 is 57.3 Å². The van der Waals surface area contributed by atoms with E-state index >= 15 is 0 Å². The number of amides is 5. The lowest BCUT2D eigenvalue weighted by molar-refractivity contribution is -0.146. The van der Waals surface area contributed by atoms with Crippen LogP contribution in [-0.4, -0.2) is 99.9 Å². The number of aromatic nitrogens is 2. The summed E-state index contributed by atoms with van der Waals surface area (Å²) in [4.78, 5) is 76.8. The number of benzene rings is 1. The fraction of sp³-hybridized carbons (Fsp3) is 0.553. The van der Waals surface area contributed by atoms with E-state index < -0.39 is 59.2 Å². The maximum absolute atomic E-state index is 14.5. The van der Waals surface area contributed by atoms with Crippen LogP contribution in [0.1, 0.15) is 78.6 Å². The van der Waals surface area contributed by atoms with E-state index in [1.807, 2.05) is 0 Å². The van der Waals surface area contributed by atoms with E-state index in [4.69, 9.17) is 19.2 Å². The van der Waals surface area contributed by atoms with Crippen molar-refractivity contribution in [1.29, 1.82) is 0 Å². The number of pyridine rings is 1. The van der Waals surface area contributed by atoms with E-state index in [1.54, 1.807) is 57.5 Å². The van der Waals surface area contributed by atoms with Crippen LogP contribution in [-0.2, 0) is 19.1 Å². The molecule has 55 heavy (non-hydrogen) atoms. The fourth-order valence-corrected chi connectivity index (χ4v) is 8.02. The van der Waals surface area contributed by atoms with Crippen LogP contribution in [0.25, 0.3) is 22.3 Å². The number of carboxylic acid groups (broad SMARTS) is 1. The molecule has 2 aliphatic heterocycles. The van der Waals surface area contributed by atoms with Crippen molar-refractivity contribution in [2.75, 3.05) is 26.0 Å². The third-order valence-corrected chi connectivity index (χ3v) is 11.0. The average Bonchev–Trinajstić information content (AvgIpc) is 3.41. The third-order valence-electron chi connectivity index (χ3n) is 10.2. The van der Waals surface area contributed by atoms with Gasteiger partial charge in [-0.15, -0.1) is 11.3 Å². The van der Waals surface area contributed by atoms with Gasteiger partial charge in [0.2, 0.25) is 11.8 Å². The first-order valence-corrected chi connectivity index (χ1v) is 19.5. The molecule has 3 aromatic rings. The van der Waals surface area contributed by atoms with Crippen LogP contribution >= 0.6 is 11.3 Å². The van der Waals surface area contributed by atoms with Crippen LogP contribution in [0.5, 0.6) is 11.5 Å². The number of alkyl carbamates (subject to hydrolysis) is 1. The summed E-state index contributed by atoms with van der Waals surface area (Å²) >= 11 is 1.22. The lowest BCUT2D eigenvalue weighted by Gasteiger charge is -2.30. The summed E-state index contributed by atoms with van der Waals surface area (Å²) in [5.74, 6) is -1.39. The predicted molar refractivity (Wildman–Crippen MR) is 204 cm³/mol. The van der Waals surface area contributed by atoms with Crippen LogP contribution in [0.2, 0.25) is 0 Å². The molecule has 1 aromatic carbocycles. The molecule has 4 unspecified atom stereocenters. The number of thiazole rings is 1. The Morgan fingerprint density at radius 1 is 1.04 bits per heavy atom. The maximum atomic E-state index is 14.5. The molecule has 0 spiro atoms. The highest BCUT2D eigenvalue weighted by Gasteiger charge is 2.62. The molecule has 5 amide bonds. The predicted octanol–water partition coefficient (Wildman–Crippen LogP) is 5.06. The highest BCUT2D eigenvalue weighted by molar-refractivity contribution is 7.14. The molecule has 0 radical (unpaired) electrons. The van der Waals surface area contributed by atoms with E-state index in [2.05, 4.69) is 26.3 Å². The minimum Gasteiger partial charge on any atom is -0.497 e. The molecule has 16 nitrogen and oxygen atoms in total. The Morgan fingerprint density at radius 2 is 1.78 bits per heavy atom. The Balaban J connectivity index is 1.33. The number of ether oxygens (including phenoxy) is 3. The third kappa shape index (κ3) is 9.20. The summed E-state index contributed by atoms with van der Waals surface area (Å²) in [6.07, 6.45) is 4.06. The van der Waals surface area contributed by atoms with E-state index in [1.165, 1.54) is 23.3 Å². The number of hydrogen-bond donors (Lipinski definition) is 5. The zero-order chi connectivity index (χ0) is 39.5. The molecular weight excluding hydrogens is 731 g/mol. The summed E-state index contributed by atoms with van der Waals surface area (Å²) in [5, 5.41) is 23.8. The number of aliphatic carboxylic acids is 1. The second-order valence-electron chi connectivity index (χ2n) is 15.3. The van der Waals surface area contributed by atoms with Gasteiger partial charge >= 0.3 is 18.1 Å². The van der Waals surface area contributed by atoms with Gasteiger partial charge in [0.1, 0.15) is 46.5 Å². The molecular formula is C38H49N7O9S. The number of carboxylic acids is 1. The highest BCUT2D eigenvalue weighted by atomic mass is 32.1. The quantitative estimate of drug-likeness (QED) is 0.214. The zero-order valence-corrected chi connectivity index (χ0v) is 32.5. The molecule has 4 heterocycles. The topological polar surface area (TPSA) is 210 Å². The Kier molecular flexibility index (Phi) is 11.7. The Morgan fingerprint density at radius 3 is 2.49 bits per heavy atom. The monoisotopic (exact) mass is 779 g/mol. The van der Waals surface area contributed by atoms with E-state index in [9.17, 15) is 29.1 Å². The van der Waals surface area contributed by atoms with Crippen LogP contribution < -0.4 is 30.7 Å². The van der Waals surface area contributed by atoms with Crippen molar-refractivity contribution in [3.05, 3.63) is 29.6 Å². The van der Waals surface area contributed by atoms with Crippen LogP contribution in [0.4, 0.5) is 14.7 Å². The van der Waals surface area contributed by atoms with E-state index in [-0.39, 0.29) is 18.9 Å². The molecule has 3 aliphatic rings. The number of anilines is 1. The average molecular weight is 780 g/mol. The van der Waals surface area contributed by atoms with Gasteiger partial charge in [0, 0.05) is 36.4 Å². The molecule has 2 saturated heterocycles. The molecule has 5 N–H and O–H groups in total. The summed E-state index contributed by atoms with van der Waals surface area (Å²) in [6.45, 7) is 5.18. The van der Waals surface area contributed by atoms with Gasteiger partial charge in [-0.2, -0.15) is 0 Å². The maximum Gasteiger partial charge on any atom is 0.408 e. The number of carbonyl (C=O) groups is 5. The number of nitrogens with one attached hydrogen (secondary N) is 4. The number of carbonyl (C=O) groups excluding carboxylic acids is 4. The van der Waals surface area contributed by atoms with E-state index in [0.717, 1.165) is 25.7 Å². The largest absolute Gasteiger partial charge is 0.497 e. The zero-order valence-electron chi connectivity index (χ0n) is 31.7. The fourth-order valence-electron chi connectivity index (χ4n) is 7.32. The standard InChI is InChI=1S/C38H49N7O9S/c1-37(2,3)54-36(51)42-25-12-10-8-6-7-9-11-21-18-38(21,33(48)49)44-31(46)29-16-23(19-45(29)32(25)47)53-30-17-27(28-20-55-35(41-28)43-34(50)39-4)40-26-15-22(52-5)13-14-24(26)30/h13-15,17,20-21,23,25,29H,6-12,16,18-19H2,1-5H3,(H,42,51)(H,44,46)(H,48,49)(H2,39,41,43,50)/t21?,23-,25?,29?,38?/m1/s1. The molecule has 6 rings (SSSR count). The number of urea groups is 1. The number of methoxy groups -OCH3 is 1. The minimum atomic E-state index is -1.40. The first-order valence-electron chi connectivity index (χ1n) is 18.6. The van der Waals surface area contributed by atoms with Gasteiger partial charge in [0.25, 0.3) is 0 Å². The van der Waals surface area contributed by atoms with E-state index in [0.29, 0.717) is 64.6 Å². The normalized spacial score (nSPS) is 24.6. The SMILES string of the molecule is CNC(=O)Nc1nc(-c2cc(O[C@@H]3CC4C(=O)NC5(C(=O)O)CC5CCCCCCCC(NC(=O)OC(C)(C)C)C(=O)N4C3)c3ccc(OC)cc3n2)cs1. The van der Waals surface area contributed by atoms with Gasteiger partial charge in [-0.25, -0.2) is 24.4 Å². The van der Waals surface area contributed by atoms with Gasteiger partial charge < -0.3 is 40.2 Å². The Labute approximate surface area is 323 Å². The van der Waals surface area contributed by atoms with Crippen LogP contribution in [0.15, 0.2) is 29.6 Å². The highest BCUT2D eigenvalue weighted by Crippen LogP contribution is 2.47. The molecule has 2 aromatic heterocycles. The molecule has 0 bridgehead atoms. The molecule has 296 valence electrons. The van der Waals surface area contributed by atoms with Gasteiger partial charge in [0.15, 0.2) is 5.13 Å². The summed E-state index contributed by atoms with van der Waals surface area (Å²) < 4.78 is 17.6. The molecule has 5 atom stereocenters. The van der Waals surface area contributed by atoms with Crippen LogP contribution in [0, 0.1) is 5.92 Å². The lowest BCUT2D eigenvalue weighted by atomic mass is 10.0. The van der Waals surface area contributed by atoms with Gasteiger partial charge in [-0.3, -0.25) is 14.9 Å². The summed E-state index contributed by atoms with van der Waals surface area (Å²) in [6, 6.07) is 4.56. The van der Waals surface area contributed by atoms with Crippen LogP contribution in [0.3, 0.4) is 0 Å². The molecule has 3 fully saturated rings. The molecule has 17 heteroatoms. The first kappa shape index (κ1) is 39.5. The van der Waals surface area contributed by atoms with Gasteiger partial charge in [0.05, 0.1) is 24.9 Å². The number of fused-ring (bicyclic) bond motifs is 3. The molecule has 1 aliphatic carbocycles. The van der Waals surface area contributed by atoms with Gasteiger partial charge in [-0.1, -0.05) is 32.1 Å². The van der Waals surface area contributed by atoms with Crippen molar-refractivity contribution in [3.8, 4) is 22.9 Å². The number of rotatable bonds is 7. The minimum absolute atomic E-state index is 0.0148. The first-order chi connectivity index (χ1) is 26.2. The van der Waals surface area contributed by atoms with Gasteiger partial charge in [-0.05, 0) is 58.1 Å². The second-order valence-corrected chi connectivity index (χ2v) is 16.2. The smallest absolute Gasteiger partial charge is 0.408 e. The number of nitrogens with zero attached hydrogens (tertiary/aromatic N) is 3. The van der Waals surface area contributed by atoms with Crippen molar-refractivity contribution in [2.45, 2.75) is 108 Å². The number of hydrogen-bond acceptors (Lipinski definition) is 11. The van der Waals surface area contributed by atoms with Crippen molar-refractivity contribution in [2.24, 2.45) is 5.92 Å². The lowest BCUT2D eigenvalue weighted by Crippen LogP contribution is -2.56. The molecule has 1 saturated carbocycles. The Hall–Kier alpha value is -5.19.